The van der Waals surface area contributed by atoms with Crippen molar-refractivity contribution in [3.8, 4) is 0 Å². The molecule has 0 aliphatic carbocycles. The molecule has 1 aromatic rings. The van der Waals surface area contributed by atoms with Gasteiger partial charge in [-0.15, -0.1) is 35.3 Å². The normalized spacial score (nSPS) is 11.1. The molecular formula is C19H31S3. The molecule has 22 heavy (non-hydrogen) atoms. The standard InChI is InChI=1S/C19H31S3/c1-5-8-11-20-17-14-16(4)15-18(21-12-9-6-2)19(17)22-13-10-7-3/h14-15H,4-13H2,1-3H3. The van der Waals surface area contributed by atoms with Crippen LogP contribution in [0.2, 0.25) is 0 Å². The molecule has 0 nitrogen and oxygen atoms in total. The minimum atomic E-state index is 1.16. The van der Waals surface area contributed by atoms with Crippen LogP contribution in [-0.2, 0) is 0 Å². The molecule has 1 rings (SSSR count). The highest BCUT2D eigenvalue weighted by Gasteiger charge is 2.11. The van der Waals surface area contributed by atoms with Crippen LogP contribution in [0, 0.1) is 6.92 Å². The smallest absolute Gasteiger partial charge is 0.0344 e. The fourth-order valence-electron chi connectivity index (χ4n) is 1.96. The lowest BCUT2D eigenvalue weighted by molar-refractivity contribution is 0.889. The SMILES string of the molecule is [CH2]c1cc(SCCCC)c(SCCCC)c(SCCCC)c1. The minimum Gasteiger partial charge on any atom is -0.125 e. The molecular weight excluding hydrogens is 324 g/mol. The highest BCUT2D eigenvalue weighted by molar-refractivity contribution is 8.03. The molecule has 125 valence electrons. The Balaban J connectivity index is 2.88. The summed E-state index contributed by atoms with van der Waals surface area (Å²) in [6, 6.07) is 4.58. The average molecular weight is 356 g/mol. The zero-order valence-corrected chi connectivity index (χ0v) is 16.9. The molecule has 0 amide bonds. The third kappa shape index (κ3) is 7.70. The summed E-state index contributed by atoms with van der Waals surface area (Å²) in [7, 11) is 0. The topological polar surface area (TPSA) is 0 Å². The summed E-state index contributed by atoms with van der Waals surface area (Å²) in [5, 5.41) is 0. The third-order valence-corrected chi connectivity index (χ3v) is 7.07. The van der Waals surface area contributed by atoms with Gasteiger partial charge >= 0.3 is 0 Å². The third-order valence-electron chi connectivity index (χ3n) is 3.34. The summed E-state index contributed by atoms with van der Waals surface area (Å²) in [4.78, 5) is 4.44. The van der Waals surface area contributed by atoms with E-state index >= 15 is 0 Å². The summed E-state index contributed by atoms with van der Waals surface area (Å²) in [5.41, 5.74) is 1.16. The highest BCUT2D eigenvalue weighted by atomic mass is 32.2. The van der Waals surface area contributed by atoms with Crippen molar-refractivity contribution in [3.05, 3.63) is 24.6 Å². The fraction of sp³-hybridized carbons (Fsp3) is 0.632. The van der Waals surface area contributed by atoms with E-state index in [0.717, 1.165) is 5.56 Å². The van der Waals surface area contributed by atoms with E-state index in [-0.39, 0.29) is 0 Å². The first-order valence-corrected chi connectivity index (χ1v) is 11.6. The van der Waals surface area contributed by atoms with Crippen molar-refractivity contribution in [1.82, 2.24) is 0 Å². The first-order chi connectivity index (χ1) is 10.7. The molecule has 0 aromatic heterocycles. The minimum absolute atomic E-state index is 1.16. The second kappa shape index (κ2) is 12.7. The molecule has 0 fully saturated rings. The molecule has 0 aliphatic heterocycles. The maximum atomic E-state index is 4.20. The maximum Gasteiger partial charge on any atom is 0.0344 e. The number of unbranched alkanes of at least 4 members (excludes halogenated alkanes) is 3. The van der Waals surface area contributed by atoms with Crippen LogP contribution in [0.15, 0.2) is 26.8 Å². The molecule has 0 bridgehead atoms. The van der Waals surface area contributed by atoms with Crippen LogP contribution >= 0.6 is 35.3 Å². The fourth-order valence-corrected chi connectivity index (χ4v) is 6.03. The Hall–Kier alpha value is 0.270. The van der Waals surface area contributed by atoms with Crippen LogP contribution in [0.1, 0.15) is 64.9 Å². The van der Waals surface area contributed by atoms with Crippen LogP contribution in [0.5, 0.6) is 0 Å². The van der Waals surface area contributed by atoms with Crippen LogP contribution in [-0.4, -0.2) is 17.3 Å². The van der Waals surface area contributed by atoms with Gasteiger partial charge in [0.05, 0.1) is 0 Å². The molecule has 1 radical (unpaired) electrons. The van der Waals surface area contributed by atoms with E-state index in [2.05, 4.69) is 51.6 Å². The van der Waals surface area contributed by atoms with Crippen molar-refractivity contribution in [2.24, 2.45) is 0 Å². The van der Waals surface area contributed by atoms with Gasteiger partial charge in [0, 0.05) is 14.7 Å². The molecule has 0 unspecified atom stereocenters. The van der Waals surface area contributed by atoms with Crippen LogP contribution in [0.25, 0.3) is 0 Å². The van der Waals surface area contributed by atoms with Gasteiger partial charge in [-0.2, -0.15) is 0 Å². The molecule has 0 saturated carbocycles. The number of hydrogen-bond acceptors (Lipinski definition) is 3. The van der Waals surface area contributed by atoms with Gasteiger partial charge < -0.3 is 0 Å². The zero-order chi connectivity index (χ0) is 16.2. The number of thioether (sulfide) groups is 3. The Morgan fingerprint density at radius 3 is 1.55 bits per heavy atom. The second-order valence-electron chi connectivity index (χ2n) is 5.53. The zero-order valence-electron chi connectivity index (χ0n) is 14.5. The van der Waals surface area contributed by atoms with Crippen LogP contribution in [0.3, 0.4) is 0 Å². The summed E-state index contributed by atoms with van der Waals surface area (Å²) >= 11 is 6.10. The Morgan fingerprint density at radius 2 is 1.14 bits per heavy atom. The molecule has 1 aromatic carbocycles. The molecule has 3 heteroatoms. The highest BCUT2D eigenvalue weighted by Crippen LogP contribution is 2.40. The van der Waals surface area contributed by atoms with Gasteiger partial charge in [0.2, 0.25) is 0 Å². The van der Waals surface area contributed by atoms with Gasteiger partial charge in [-0.25, -0.2) is 0 Å². The first kappa shape index (κ1) is 20.3. The first-order valence-electron chi connectivity index (χ1n) is 8.61. The molecule has 0 heterocycles. The predicted octanol–water partition coefficient (Wildman–Crippen LogP) is 7.55. The van der Waals surface area contributed by atoms with Crippen molar-refractivity contribution in [1.29, 1.82) is 0 Å². The van der Waals surface area contributed by atoms with E-state index in [4.69, 9.17) is 0 Å². The van der Waals surface area contributed by atoms with Crippen molar-refractivity contribution < 1.29 is 0 Å². The van der Waals surface area contributed by atoms with Gasteiger partial charge in [0.15, 0.2) is 0 Å². The molecule has 0 saturated heterocycles. The Kier molecular flexibility index (Phi) is 11.7. The summed E-state index contributed by atoms with van der Waals surface area (Å²) in [6.07, 6.45) is 7.71. The van der Waals surface area contributed by atoms with Crippen molar-refractivity contribution in [3.63, 3.8) is 0 Å². The van der Waals surface area contributed by atoms with Crippen LogP contribution < -0.4 is 0 Å². The van der Waals surface area contributed by atoms with E-state index in [1.165, 1.54) is 70.5 Å². The van der Waals surface area contributed by atoms with E-state index in [1.54, 1.807) is 0 Å². The maximum absolute atomic E-state index is 4.20. The lowest BCUT2D eigenvalue weighted by Gasteiger charge is -2.15. The summed E-state index contributed by atoms with van der Waals surface area (Å²) in [6.45, 7) is 11.0. The van der Waals surface area contributed by atoms with Gasteiger partial charge in [-0.1, -0.05) is 40.0 Å². The van der Waals surface area contributed by atoms with E-state index in [1.807, 2.05) is 23.5 Å². The number of rotatable bonds is 12. The molecule has 0 N–H and O–H groups in total. The lowest BCUT2D eigenvalue weighted by Crippen LogP contribution is -1.91. The Bertz CT molecular complexity index is 384. The van der Waals surface area contributed by atoms with E-state index in [9.17, 15) is 0 Å². The Labute approximate surface area is 151 Å². The Morgan fingerprint density at radius 1 is 0.727 bits per heavy atom. The monoisotopic (exact) mass is 355 g/mol. The molecule has 0 atom stereocenters. The van der Waals surface area contributed by atoms with Crippen LogP contribution in [0.4, 0.5) is 0 Å². The average Bonchev–Trinajstić information content (AvgIpc) is 2.50. The second-order valence-corrected chi connectivity index (χ2v) is 8.91. The number of benzene rings is 1. The van der Waals surface area contributed by atoms with Crippen molar-refractivity contribution in [2.45, 2.75) is 74.0 Å². The van der Waals surface area contributed by atoms with Crippen molar-refractivity contribution >= 4 is 35.3 Å². The van der Waals surface area contributed by atoms with Gasteiger partial charge in [0.1, 0.15) is 0 Å². The summed E-state index contributed by atoms with van der Waals surface area (Å²) < 4.78 is 0. The number of hydrogen-bond donors (Lipinski definition) is 0. The quantitative estimate of drug-likeness (QED) is 0.281. The van der Waals surface area contributed by atoms with Gasteiger partial charge in [0.25, 0.3) is 0 Å². The lowest BCUT2D eigenvalue weighted by atomic mass is 10.2. The predicted molar refractivity (Wildman–Crippen MR) is 108 cm³/mol. The molecule has 0 aliphatic rings. The van der Waals surface area contributed by atoms with Gasteiger partial charge in [-0.05, 0) is 61.1 Å². The molecule has 0 spiro atoms. The van der Waals surface area contributed by atoms with E-state index in [0.29, 0.717) is 0 Å². The summed E-state index contributed by atoms with van der Waals surface area (Å²) in [5.74, 6) is 3.68. The van der Waals surface area contributed by atoms with Crippen molar-refractivity contribution in [2.75, 3.05) is 17.3 Å². The van der Waals surface area contributed by atoms with E-state index < -0.39 is 0 Å². The van der Waals surface area contributed by atoms with Gasteiger partial charge in [-0.3, -0.25) is 0 Å². The largest absolute Gasteiger partial charge is 0.125 e.